The number of rotatable bonds is 5. The van der Waals surface area contributed by atoms with E-state index < -0.39 is 0 Å². The van der Waals surface area contributed by atoms with E-state index in [2.05, 4.69) is 25.3 Å². The summed E-state index contributed by atoms with van der Waals surface area (Å²) in [5, 5.41) is 11.9. The van der Waals surface area contributed by atoms with Crippen LogP contribution in [0.25, 0.3) is 0 Å². The van der Waals surface area contributed by atoms with E-state index in [0.717, 1.165) is 43.3 Å². The van der Waals surface area contributed by atoms with Crippen LogP contribution in [-0.4, -0.2) is 58.6 Å². The van der Waals surface area contributed by atoms with E-state index in [0.29, 0.717) is 11.7 Å². The van der Waals surface area contributed by atoms with E-state index in [1.54, 1.807) is 12.1 Å². The van der Waals surface area contributed by atoms with E-state index in [1.165, 1.54) is 17.4 Å². The molecule has 0 saturated carbocycles. The minimum absolute atomic E-state index is 0.0651. The van der Waals surface area contributed by atoms with Crippen LogP contribution in [0.1, 0.15) is 10.6 Å². The molecule has 1 N–H and O–H groups in total. The average molecular weight is 349 g/mol. The van der Waals surface area contributed by atoms with Gasteiger partial charge in [-0.25, -0.2) is 4.39 Å². The van der Waals surface area contributed by atoms with E-state index in [1.807, 2.05) is 13.0 Å². The van der Waals surface area contributed by atoms with Gasteiger partial charge in [0.1, 0.15) is 10.8 Å². The van der Waals surface area contributed by atoms with Crippen molar-refractivity contribution in [2.75, 3.05) is 38.0 Å². The number of benzene rings is 1. The lowest BCUT2D eigenvalue weighted by Crippen LogP contribution is -2.48. The first-order valence-electron chi connectivity index (χ1n) is 7.87. The van der Waals surface area contributed by atoms with Crippen LogP contribution in [0.4, 0.5) is 9.52 Å². The standard InChI is InChI=1S/C16H20FN5OS/c1-12-19-20-16(24-12)18-15(23)11-22-7-5-21(6-8-22)10-13-3-2-4-14(17)9-13/h2-4,9H,5-8,10-11H2,1H3,(H,18,20,23). The monoisotopic (exact) mass is 349 g/mol. The van der Waals surface area contributed by atoms with Gasteiger partial charge in [0.15, 0.2) is 0 Å². The number of aromatic nitrogens is 2. The second-order valence-corrected chi connectivity index (χ2v) is 7.04. The number of aryl methyl sites for hydroxylation is 1. The molecule has 1 saturated heterocycles. The molecule has 1 fully saturated rings. The van der Waals surface area contributed by atoms with Gasteiger partial charge in [-0.1, -0.05) is 23.5 Å². The van der Waals surface area contributed by atoms with Crippen LogP contribution in [0.15, 0.2) is 24.3 Å². The SMILES string of the molecule is Cc1nnc(NC(=O)CN2CCN(Cc3cccc(F)c3)CC2)s1. The molecule has 0 radical (unpaired) electrons. The van der Waals surface area contributed by atoms with E-state index in [4.69, 9.17) is 0 Å². The summed E-state index contributed by atoms with van der Waals surface area (Å²) in [5.41, 5.74) is 0.979. The van der Waals surface area contributed by atoms with Crippen molar-refractivity contribution in [3.05, 3.63) is 40.7 Å². The summed E-state index contributed by atoms with van der Waals surface area (Å²) >= 11 is 1.37. The van der Waals surface area contributed by atoms with Gasteiger partial charge in [-0.2, -0.15) is 0 Å². The average Bonchev–Trinajstić information content (AvgIpc) is 2.94. The highest BCUT2D eigenvalue weighted by Gasteiger charge is 2.19. The highest BCUT2D eigenvalue weighted by Crippen LogP contribution is 2.14. The van der Waals surface area contributed by atoms with Gasteiger partial charge in [-0.15, -0.1) is 10.2 Å². The summed E-state index contributed by atoms with van der Waals surface area (Å²) in [6.45, 7) is 6.30. The second kappa shape index (κ2) is 7.78. The Morgan fingerprint density at radius 3 is 2.67 bits per heavy atom. The van der Waals surface area contributed by atoms with Gasteiger partial charge in [0.2, 0.25) is 11.0 Å². The van der Waals surface area contributed by atoms with Crippen molar-refractivity contribution in [3.63, 3.8) is 0 Å². The molecule has 24 heavy (non-hydrogen) atoms. The number of nitrogens with zero attached hydrogens (tertiary/aromatic N) is 4. The molecule has 1 aliphatic rings. The third-order valence-electron chi connectivity index (χ3n) is 3.90. The van der Waals surface area contributed by atoms with Crippen LogP contribution >= 0.6 is 11.3 Å². The van der Waals surface area contributed by atoms with Crippen molar-refractivity contribution in [2.24, 2.45) is 0 Å². The van der Waals surface area contributed by atoms with Crippen molar-refractivity contribution in [1.29, 1.82) is 0 Å². The number of carbonyl (C=O) groups excluding carboxylic acids is 1. The molecule has 0 bridgehead atoms. The molecule has 1 amide bonds. The number of carbonyl (C=O) groups is 1. The molecule has 0 unspecified atom stereocenters. The third-order valence-corrected chi connectivity index (χ3v) is 4.65. The highest BCUT2D eigenvalue weighted by atomic mass is 32.1. The maximum atomic E-state index is 13.2. The Hall–Kier alpha value is -1.90. The summed E-state index contributed by atoms with van der Waals surface area (Å²) in [7, 11) is 0. The molecule has 0 atom stereocenters. The minimum Gasteiger partial charge on any atom is -0.299 e. The number of halogens is 1. The number of anilines is 1. The quantitative estimate of drug-likeness (QED) is 0.891. The predicted octanol–water partition coefficient (Wildman–Crippen LogP) is 1.74. The van der Waals surface area contributed by atoms with Crippen LogP contribution in [0.3, 0.4) is 0 Å². The number of amides is 1. The summed E-state index contributed by atoms with van der Waals surface area (Å²) < 4.78 is 13.2. The lowest BCUT2D eigenvalue weighted by molar-refractivity contribution is -0.117. The molecule has 1 aromatic carbocycles. The van der Waals surface area contributed by atoms with Crippen LogP contribution in [0.2, 0.25) is 0 Å². The van der Waals surface area contributed by atoms with E-state index >= 15 is 0 Å². The molecule has 1 aromatic heterocycles. The minimum atomic E-state index is -0.199. The van der Waals surface area contributed by atoms with Gasteiger partial charge in [-0.3, -0.25) is 19.9 Å². The molecular formula is C16H20FN5OS. The maximum absolute atomic E-state index is 13.2. The smallest absolute Gasteiger partial charge is 0.240 e. The van der Waals surface area contributed by atoms with E-state index in [9.17, 15) is 9.18 Å². The summed E-state index contributed by atoms with van der Waals surface area (Å²) in [6.07, 6.45) is 0. The maximum Gasteiger partial charge on any atom is 0.240 e. The number of hydrogen-bond acceptors (Lipinski definition) is 6. The molecular weight excluding hydrogens is 329 g/mol. The lowest BCUT2D eigenvalue weighted by atomic mass is 10.2. The second-order valence-electron chi connectivity index (χ2n) is 5.86. The Balaban J connectivity index is 1.42. The van der Waals surface area contributed by atoms with Crippen molar-refractivity contribution in [3.8, 4) is 0 Å². The van der Waals surface area contributed by atoms with Crippen molar-refractivity contribution < 1.29 is 9.18 Å². The van der Waals surface area contributed by atoms with Crippen LogP contribution < -0.4 is 5.32 Å². The van der Waals surface area contributed by atoms with Crippen molar-refractivity contribution >= 4 is 22.4 Å². The molecule has 8 heteroatoms. The molecule has 2 aromatic rings. The molecule has 1 aliphatic heterocycles. The van der Waals surface area contributed by atoms with Crippen LogP contribution in [-0.2, 0) is 11.3 Å². The Labute approximate surface area is 144 Å². The number of nitrogens with one attached hydrogen (secondary N) is 1. The molecule has 6 nitrogen and oxygen atoms in total. The summed E-state index contributed by atoms with van der Waals surface area (Å²) in [4.78, 5) is 16.4. The zero-order chi connectivity index (χ0) is 16.9. The first kappa shape index (κ1) is 16.9. The lowest BCUT2D eigenvalue weighted by Gasteiger charge is -2.34. The van der Waals surface area contributed by atoms with Crippen LogP contribution in [0.5, 0.6) is 0 Å². The Morgan fingerprint density at radius 1 is 1.25 bits per heavy atom. The summed E-state index contributed by atoms with van der Waals surface area (Å²) in [5.74, 6) is -0.264. The first-order chi connectivity index (χ1) is 11.6. The number of hydrogen-bond donors (Lipinski definition) is 1. The van der Waals surface area contributed by atoms with Gasteiger partial charge >= 0.3 is 0 Å². The van der Waals surface area contributed by atoms with Gasteiger partial charge in [0, 0.05) is 32.7 Å². The zero-order valence-corrected chi connectivity index (χ0v) is 14.4. The third kappa shape index (κ3) is 4.80. The largest absolute Gasteiger partial charge is 0.299 e. The van der Waals surface area contributed by atoms with Gasteiger partial charge < -0.3 is 0 Å². The Morgan fingerprint density at radius 2 is 2.00 bits per heavy atom. The normalized spacial score (nSPS) is 16.2. The molecule has 2 heterocycles. The summed E-state index contributed by atoms with van der Waals surface area (Å²) in [6, 6.07) is 6.71. The van der Waals surface area contributed by atoms with Crippen LogP contribution in [0, 0.1) is 12.7 Å². The van der Waals surface area contributed by atoms with Gasteiger partial charge in [0.05, 0.1) is 6.54 Å². The van der Waals surface area contributed by atoms with Crippen molar-refractivity contribution in [1.82, 2.24) is 20.0 Å². The highest BCUT2D eigenvalue weighted by molar-refractivity contribution is 7.15. The zero-order valence-electron chi connectivity index (χ0n) is 13.5. The first-order valence-corrected chi connectivity index (χ1v) is 8.69. The van der Waals surface area contributed by atoms with Crippen molar-refractivity contribution in [2.45, 2.75) is 13.5 Å². The topological polar surface area (TPSA) is 61.4 Å². The van der Waals surface area contributed by atoms with E-state index in [-0.39, 0.29) is 11.7 Å². The van der Waals surface area contributed by atoms with Gasteiger partial charge in [0.25, 0.3) is 0 Å². The predicted molar refractivity (Wildman–Crippen MR) is 91.4 cm³/mol. The Bertz CT molecular complexity index is 699. The molecule has 3 rings (SSSR count). The van der Waals surface area contributed by atoms with Gasteiger partial charge in [-0.05, 0) is 24.6 Å². The molecule has 128 valence electrons. The fourth-order valence-electron chi connectivity index (χ4n) is 2.71. The fourth-order valence-corrected chi connectivity index (χ4v) is 3.32. The Kier molecular flexibility index (Phi) is 5.49. The molecule has 0 aliphatic carbocycles. The number of piperazine rings is 1. The molecule has 0 spiro atoms. The fraction of sp³-hybridized carbons (Fsp3) is 0.438.